The number of aryl methyl sites for hydroxylation is 2. The van der Waals surface area contributed by atoms with E-state index in [1.165, 1.54) is 16.4 Å². The number of rotatable bonds is 5. The molecule has 8 nitrogen and oxygen atoms in total. The lowest BCUT2D eigenvalue weighted by Gasteiger charge is -2.09. The molecule has 3 rings (SSSR count). The van der Waals surface area contributed by atoms with Crippen LogP contribution < -0.4 is 11.2 Å². The first-order valence-corrected chi connectivity index (χ1v) is 8.50. The highest BCUT2D eigenvalue weighted by atomic mass is 32.2. The Hall–Kier alpha value is -2.81. The number of anilines is 1. The predicted octanol–water partition coefficient (Wildman–Crippen LogP) is 2.38. The van der Waals surface area contributed by atoms with Crippen LogP contribution in [-0.2, 0) is 4.79 Å². The Morgan fingerprint density at radius 3 is 2.64 bits per heavy atom. The zero-order valence-corrected chi connectivity index (χ0v) is 14.9. The highest BCUT2D eigenvalue weighted by Crippen LogP contribution is 2.25. The largest absolute Gasteiger partial charge is 0.360 e. The molecular formula is C16H18N6O2S. The lowest BCUT2D eigenvalue weighted by Crippen LogP contribution is -2.23. The smallest absolute Gasteiger partial charge is 0.238 e. The molecule has 9 heteroatoms. The van der Waals surface area contributed by atoms with Gasteiger partial charge in [-0.2, -0.15) is 0 Å². The Morgan fingerprint density at radius 1 is 1.28 bits per heavy atom. The fraction of sp³-hybridized carbons (Fsp3) is 0.250. The van der Waals surface area contributed by atoms with Gasteiger partial charge in [0.25, 0.3) is 0 Å². The van der Waals surface area contributed by atoms with Gasteiger partial charge in [-0.25, -0.2) is 4.68 Å². The van der Waals surface area contributed by atoms with Crippen molar-refractivity contribution < 1.29 is 9.32 Å². The van der Waals surface area contributed by atoms with Gasteiger partial charge in [0.2, 0.25) is 11.1 Å². The van der Waals surface area contributed by atoms with Gasteiger partial charge >= 0.3 is 0 Å². The number of carbonyl (C=O) groups excluding carboxylic acids is 1. The number of aromatic nitrogens is 4. The third kappa shape index (κ3) is 3.82. The van der Waals surface area contributed by atoms with E-state index in [0.29, 0.717) is 22.6 Å². The van der Waals surface area contributed by atoms with Crippen LogP contribution in [0.4, 0.5) is 5.82 Å². The Bertz CT molecular complexity index is 886. The van der Waals surface area contributed by atoms with Crippen molar-refractivity contribution in [1.29, 1.82) is 0 Å². The molecule has 0 unspecified atom stereocenters. The lowest BCUT2D eigenvalue weighted by molar-refractivity contribution is -0.115. The second-order valence-corrected chi connectivity index (χ2v) is 6.92. The van der Waals surface area contributed by atoms with Crippen LogP contribution in [0, 0.1) is 13.8 Å². The summed E-state index contributed by atoms with van der Waals surface area (Å²) in [6, 6.07) is 9.47. The van der Waals surface area contributed by atoms with E-state index in [0.717, 1.165) is 11.1 Å². The second-order valence-electron chi connectivity index (χ2n) is 5.61. The molecule has 1 aromatic carbocycles. The average Bonchev–Trinajstić information content (AvgIpc) is 3.15. The molecular weight excluding hydrogens is 340 g/mol. The van der Waals surface area contributed by atoms with E-state index in [-0.39, 0.29) is 5.91 Å². The molecule has 0 fully saturated rings. The van der Waals surface area contributed by atoms with Crippen LogP contribution in [0.1, 0.15) is 18.2 Å². The van der Waals surface area contributed by atoms with Crippen LogP contribution in [0.3, 0.4) is 0 Å². The summed E-state index contributed by atoms with van der Waals surface area (Å²) in [6.07, 6.45) is 0. The Kier molecular flexibility index (Phi) is 4.75. The monoisotopic (exact) mass is 358 g/mol. The van der Waals surface area contributed by atoms with Crippen molar-refractivity contribution in [1.82, 2.24) is 20.0 Å². The zero-order valence-electron chi connectivity index (χ0n) is 14.1. The van der Waals surface area contributed by atoms with Crippen LogP contribution in [0.5, 0.6) is 0 Å². The molecule has 3 aromatic rings. The van der Waals surface area contributed by atoms with Crippen LogP contribution in [0.25, 0.3) is 11.4 Å². The molecule has 0 aliphatic heterocycles. The van der Waals surface area contributed by atoms with Gasteiger partial charge in [0, 0.05) is 11.6 Å². The van der Waals surface area contributed by atoms with E-state index in [2.05, 4.69) is 20.7 Å². The van der Waals surface area contributed by atoms with Gasteiger partial charge < -0.3 is 15.7 Å². The first-order valence-electron chi connectivity index (χ1n) is 7.62. The number of thioether (sulfide) groups is 1. The van der Waals surface area contributed by atoms with Gasteiger partial charge in [0.05, 0.1) is 5.25 Å². The number of hydrogen-bond donors (Lipinski definition) is 2. The van der Waals surface area contributed by atoms with Crippen molar-refractivity contribution in [2.75, 3.05) is 11.2 Å². The summed E-state index contributed by atoms with van der Waals surface area (Å²) in [6.45, 7) is 5.52. The summed E-state index contributed by atoms with van der Waals surface area (Å²) in [5.74, 6) is 7.41. The third-order valence-corrected chi connectivity index (χ3v) is 4.56. The van der Waals surface area contributed by atoms with E-state index in [1.807, 2.05) is 31.2 Å². The van der Waals surface area contributed by atoms with Gasteiger partial charge in [-0.15, -0.1) is 10.2 Å². The summed E-state index contributed by atoms with van der Waals surface area (Å²) in [4.78, 5) is 12.2. The fourth-order valence-electron chi connectivity index (χ4n) is 2.12. The summed E-state index contributed by atoms with van der Waals surface area (Å²) >= 11 is 1.22. The molecule has 0 saturated heterocycles. The minimum absolute atomic E-state index is 0.224. The molecule has 0 spiro atoms. The molecule has 2 aromatic heterocycles. The van der Waals surface area contributed by atoms with Crippen LogP contribution in [0.15, 0.2) is 40.0 Å². The van der Waals surface area contributed by atoms with Crippen LogP contribution >= 0.6 is 11.8 Å². The summed E-state index contributed by atoms with van der Waals surface area (Å²) in [5, 5.41) is 14.6. The summed E-state index contributed by atoms with van der Waals surface area (Å²) in [7, 11) is 0. The van der Waals surface area contributed by atoms with Crippen LogP contribution in [-0.4, -0.2) is 31.2 Å². The first kappa shape index (κ1) is 17.0. The van der Waals surface area contributed by atoms with Crippen molar-refractivity contribution in [3.05, 3.63) is 41.7 Å². The molecule has 1 amide bonds. The predicted molar refractivity (Wildman–Crippen MR) is 95.5 cm³/mol. The molecule has 0 radical (unpaired) electrons. The molecule has 0 aliphatic rings. The Balaban J connectivity index is 1.70. The number of nitrogens with zero attached hydrogens (tertiary/aromatic N) is 4. The normalized spacial score (nSPS) is 12.1. The summed E-state index contributed by atoms with van der Waals surface area (Å²) < 4.78 is 6.31. The SMILES string of the molecule is Cc1ccc(-c2nnc(S[C@H](C)C(=O)Nc3cc(C)on3)n2N)cc1. The Labute approximate surface area is 148 Å². The van der Waals surface area contributed by atoms with E-state index < -0.39 is 5.25 Å². The number of amides is 1. The molecule has 0 bridgehead atoms. The minimum Gasteiger partial charge on any atom is -0.360 e. The number of carbonyl (C=O) groups is 1. The van der Waals surface area contributed by atoms with Crippen molar-refractivity contribution >= 4 is 23.5 Å². The van der Waals surface area contributed by atoms with Crippen molar-refractivity contribution in [3.63, 3.8) is 0 Å². The number of nitrogen functional groups attached to an aromatic ring is 1. The van der Waals surface area contributed by atoms with Gasteiger partial charge in [0.1, 0.15) is 5.76 Å². The second kappa shape index (κ2) is 6.98. The highest BCUT2D eigenvalue weighted by Gasteiger charge is 2.20. The number of hydrogen-bond acceptors (Lipinski definition) is 7. The van der Waals surface area contributed by atoms with E-state index in [4.69, 9.17) is 10.4 Å². The standard InChI is InChI=1S/C16H18N6O2S/c1-9-4-6-12(7-5-9)14-19-20-16(22(14)17)25-11(3)15(23)18-13-8-10(2)24-21-13/h4-8,11H,17H2,1-3H3,(H,18,21,23)/t11-/m1/s1. The van der Waals surface area contributed by atoms with E-state index in [9.17, 15) is 4.79 Å². The quantitative estimate of drug-likeness (QED) is 0.532. The summed E-state index contributed by atoms with van der Waals surface area (Å²) in [5.41, 5.74) is 2.01. The van der Waals surface area contributed by atoms with E-state index >= 15 is 0 Å². The first-order chi connectivity index (χ1) is 11.9. The Morgan fingerprint density at radius 2 is 2.00 bits per heavy atom. The molecule has 130 valence electrons. The maximum Gasteiger partial charge on any atom is 0.238 e. The van der Waals surface area contributed by atoms with Gasteiger partial charge in [-0.1, -0.05) is 46.7 Å². The average molecular weight is 358 g/mol. The van der Waals surface area contributed by atoms with Crippen molar-refractivity contribution in [2.24, 2.45) is 0 Å². The lowest BCUT2D eigenvalue weighted by atomic mass is 10.1. The highest BCUT2D eigenvalue weighted by molar-refractivity contribution is 8.00. The van der Waals surface area contributed by atoms with Crippen molar-refractivity contribution in [3.8, 4) is 11.4 Å². The molecule has 25 heavy (non-hydrogen) atoms. The van der Waals surface area contributed by atoms with Gasteiger partial charge in [-0.05, 0) is 20.8 Å². The zero-order chi connectivity index (χ0) is 18.0. The topological polar surface area (TPSA) is 112 Å². The van der Waals surface area contributed by atoms with E-state index in [1.54, 1.807) is 19.9 Å². The number of nitrogens with two attached hydrogens (primary N) is 1. The molecule has 0 saturated carbocycles. The number of nitrogens with one attached hydrogen (secondary N) is 1. The minimum atomic E-state index is -0.436. The molecule has 0 aliphatic carbocycles. The maximum absolute atomic E-state index is 12.2. The van der Waals surface area contributed by atoms with Gasteiger partial charge in [-0.3, -0.25) is 4.79 Å². The number of benzene rings is 1. The van der Waals surface area contributed by atoms with Gasteiger partial charge in [0.15, 0.2) is 11.6 Å². The molecule has 2 heterocycles. The third-order valence-electron chi connectivity index (χ3n) is 3.50. The molecule has 3 N–H and O–H groups in total. The molecule has 1 atom stereocenters. The van der Waals surface area contributed by atoms with Crippen LogP contribution in [0.2, 0.25) is 0 Å². The maximum atomic E-state index is 12.2. The van der Waals surface area contributed by atoms with Crippen molar-refractivity contribution in [2.45, 2.75) is 31.2 Å². The fourth-order valence-corrected chi connectivity index (χ4v) is 2.89.